The molecule has 4 heteroatoms. The van der Waals surface area contributed by atoms with Gasteiger partial charge >= 0.3 is 0 Å². The van der Waals surface area contributed by atoms with E-state index in [9.17, 15) is 0 Å². The third kappa shape index (κ3) is 1.10. The molecule has 0 atom stereocenters. The summed E-state index contributed by atoms with van der Waals surface area (Å²) in [7, 11) is 0. The molecular weight excluding hydrogens is 142 g/mol. The summed E-state index contributed by atoms with van der Waals surface area (Å²) in [6.07, 6.45) is 5.72. The maximum atomic E-state index is 4.60. The molecule has 0 spiro atoms. The molecule has 0 aliphatic rings. The number of hydrogen-bond acceptors (Lipinski definition) is 4. The van der Waals surface area contributed by atoms with Crippen LogP contribution in [0.25, 0.3) is 11.3 Å². The van der Waals surface area contributed by atoms with Crippen molar-refractivity contribution in [2.24, 2.45) is 0 Å². The van der Waals surface area contributed by atoms with E-state index in [4.69, 9.17) is 0 Å². The van der Waals surface area contributed by atoms with Crippen molar-refractivity contribution in [3.05, 3.63) is 30.8 Å². The van der Waals surface area contributed by atoms with E-state index >= 15 is 0 Å². The summed E-state index contributed by atoms with van der Waals surface area (Å²) in [6.45, 7) is 0. The normalized spacial score (nSPS) is 9.82. The zero-order valence-electron chi connectivity index (χ0n) is 5.56. The number of hydrogen-bond donors (Lipinski definition) is 0. The van der Waals surface area contributed by atoms with E-state index in [0.717, 1.165) is 5.56 Å². The molecule has 0 amide bonds. The second-order valence-corrected chi connectivity index (χ2v) is 1.95. The molecule has 0 aromatic carbocycles. The van der Waals surface area contributed by atoms with Gasteiger partial charge < -0.3 is 4.52 Å². The molecule has 11 heavy (non-hydrogen) atoms. The van der Waals surface area contributed by atoms with Crippen molar-refractivity contribution < 1.29 is 4.52 Å². The van der Waals surface area contributed by atoms with Crippen LogP contribution in [0, 0.1) is 6.20 Å². The van der Waals surface area contributed by atoms with Gasteiger partial charge in [0.2, 0.25) is 0 Å². The minimum atomic E-state index is 0.716. The molecule has 2 rings (SSSR count). The lowest BCUT2D eigenvalue weighted by molar-refractivity contribution is 0.418. The maximum absolute atomic E-state index is 4.60. The lowest BCUT2D eigenvalue weighted by atomic mass is 10.2. The number of rotatable bonds is 1. The molecule has 1 radical (unpaired) electrons. The highest BCUT2D eigenvalue weighted by Gasteiger charge is 2.00. The standard InChI is InChI=1S/C7H4N3O/c1-2-7(10-8-3-1)6-4-9-11-5-6/h1-3,5H. The molecule has 0 saturated heterocycles. The predicted octanol–water partition coefficient (Wildman–Crippen LogP) is 0.932. The summed E-state index contributed by atoms with van der Waals surface area (Å²) in [4.78, 5) is 0. The van der Waals surface area contributed by atoms with Gasteiger partial charge in [-0.3, -0.25) is 0 Å². The topological polar surface area (TPSA) is 51.8 Å². The van der Waals surface area contributed by atoms with Crippen LogP contribution in [0.15, 0.2) is 29.1 Å². The Morgan fingerprint density at radius 1 is 1.45 bits per heavy atom. The lowest BCUT2D eigenvalue weighted by Crippen LogP contribution is -1.82. The van der Waals surface area contributed by atoms with E-state index in [1.807, 2.05) is 6.07 Å². The fourth-order valence-corrected chi connectivity index (χ4v) is 0.744. The van der Waals surface area contributed by atoms with Crippen LogP contribution in [0.4, 0.5) is 0 Å². The highest BCUT2D eigenvalue weighted by Crippen LogP contribution is 2.12. The zero-order chi connectivity index (χ0) is 7.52. The first-order chi connectivity index (χ1) is 5.47. The average Bonchev–Trinajstić information content (AvgIpc) is 2.58. The Balaban J connectivity index is 2.46. The minimum Gasteiger partial charge on any atom is -0.363 e. The molecule has 0 N–H and O–H groups in total. The van der Waals surface area contributed by atoms with E-state index in [2.05, 4.69) is 26.1 Å². The van der Waals surface area contributed by atoms with E-state index in [-0.39, 0.29) is 0 Å². The third-order valence-corrected chi connectivity index (χ3v) is 1.24. The summed E-state index contributed by atoms with van der Waals surface area (Å²) in [5, 5.41) is 11.0. The summed E-state index contributed by atoms with van der Waals surface area (Å²) >= 11 is 0. The van der Waals surface area contributed by atoms with Gasteiger partial charge in [0.25, 0.3) is 0 Å². The van der Waals surface area contributed by atoms with Gasteiger partial charge in [-0.2, -0.15) is 10.2 Å². The van der Waals surface area contributed by atoms with Crippen molar-refractivity contribution in [1.29, 1.82) is 0 Å². The molecule has 4 nitrogen and oxygen atoms in total. The molecule has 2 heterocycles. The smallest absolute Gasteiger partial charge is 0.145 e. The molecule has 2 aromatic rings. The van der Waals surface area contributed by atoms with E-state index in [0.29, 0.717) is 5.69 Å². The van der Waals surface area contributed by atoms with Crippen molar-refractivity contribution in [3.8, 4) is 11.3 Å². The maximum Gasteiger partial charge on any atom is 0.145 e. The first-order valence-corrected chi connectivity index (χ1v) is 3.07. The monoisotopic (exact) mass is 146 g/mol. The molecule has 0 saturated carbocycles. The van der Waals surface area contributed by atoms with Crippen molar-refractivity contribution in [3.63, 3.8) is 0 Å². The van der Waals surface area contributed by atoms with Gasteiger partial charge in [0, 0.05) is 6.20 Å². The summed E-state index contributed by atoms with van der Waals surface area (Å²) < 4.78 is 4.60. The molecule has 0 aliphatic carbocycles. The number of aromatic nitrogens is 3. The Morgan fingerprint density at radius 3 is 3.09 bits per heavy atom. The van der Waals surface area contributed by atoms with Gasteiger partial charge in [-0.25, -0.2) is 0 Å². The van der Waals surface area contributed by atoms with Gasteiger partial charge in [-0.15, -0.1) is 0 Å². The van der Waals surface area contributed by atoms with E-state index in [1.165, 1.54) is 6.26 Å². The Kier molecular flexibility index (Phi) is 1.37. The number of nitrogens with zero attached hydrogens (tertiary/aromatic N) is 3. The van der Waals surface area contributed by atoms with E-state index < -0.39 is 0 Å². The van der Waals surface area contributed by atoms with E-state index in [1.54, 1.807) is 12.3 Å². The SMILES string of the molecule is [c]1nocc1-c1cccnn1. The molecule has 53 valence electrons. The minimum absolute atomic E-state index is 0.716. The van der Waals surface area contributed by atoms with Gasteiger partial charge in [-0.1, -0.05) is 5.16 Å². The molecule has 0 aliphatic heterocycles. The van der Waals surface area contributed by atoms with Crippen molar-refractivity contribution in [2.75, 3.05) is 0 Å². The first-order valence-electron chi connectivity index (χ1n) is 3.07. The quantitative estimate of drug-likeness (QED) is 0.600. The molecule has 2 aromatic heterocycles. The molecule has 0 unspecified atom stereocenters. The molecule has 0 fully saturated rings. The Hall–Kier alpha value is -1.71. The van der Waals surface area contributed by atoms with Gasteiger partial charge in [-0.05, 0) is 12.1 Å². The van der Waals surface area contributed by atoms with Crippen LogP contribution in [-0.4, -0.2) is 15.4 Å². The third-order valence-electron chi connectivity index (χ3n) is 1.24. The van der Waals surface area contributed by atoms with Crippen LogP contribution < -0.4 is 0 Å². The van der Waals surface area contributed by atoms with Crippen molar-refractivity contribution >= 4 is 0 Å². The fourth-order valence-electron chi connectivity index (χ4n) is 0.744. The predicted molar refractivity (Wildman–Crippen MR) is 36.4 cm³/mol. The second kappa shape index (κ2) is 2.49. The Bertz CT molecular complexity index is 317. The molecule has 0 bridgehead atoms. The lowest BCUT2D eigenvalue weighted by Gasteiger charge is -1.88. The van der Waals surface area contributed by atoms with Crippen LogP contribution in [0.5, 0.6) is 0 Å². The summed E-state index contributed by atoms with van der Waals surface area (Å²) in [6, 6.07) is 3.61. The largest absolute Gasteiger partial charge is 0.363 e. The summed E-state index contributed by atoms with van der Waals surface area (Å²) in [5.41, 5.74) is 1.44. The zero-order valence-corrected chi connectivity index (χ0v) is 5.56. The first kappa shape index (κ1) is 6.03. The fraction of sp³-hybridized carbons (Fsp3) is 0. The second-order valence-electron chi connectivity index (χ2n) is 1.95. The van der Waals surface area contributed by atoms with Crippen LogP contribution >= 0.6 is 0 Å². The summed E-state index contributed by atoms with van der Waals surface area (Å²) in [5.74, 6) is 0. The average molecular weight is 146 g/mol. The van der Waals surface area contributed by atoms with Crippen LogP contribution in [0.3, 0.4) is 0 Å². The van der Waals surface area contributed by atoms with Gasteiger partial charge in [0.1, 0.15) is 12.5 Å². The van der Waals surface area contributed by atoms with Crippen LogP contribution in [0.1, 0.15) is 0 Å². The molecular formula is C7H4N3O. The van der Waals surface area contributed by atoms with Gasteiger partial charge in [0.05, 0.1) is 11.3 Å². The van der Waals surface area contributed by atoms with Crippen LogP contribution in [-0.2, 0) is 0 Å². The van der Waals surface area contributed by atoms with Crippen molar-refractivity contribution in [1.82, 2.24) is 15.4 Å². The highest BCUT2D eigenvalue weighted by atomic mass is 16.5. The van der Waals surface area contributed by atoms with Crippen molar-refractivity contribution in [2.45, 2.75) is 0 Å². The Morgan fingerprint density at radius 2 is 2.45 bits per heavy atom. The van der Waals surface area contributed by atoms with Crippen LogP contribution in [0.2, 0.25) is 0 Å². The highest BCUT2D eigenvalue weighted by molar-refractivity contribution is 5.53. The van der Waals surface area contributed by atoms with Gasteiger partial charge in [0.15, 0.2) is 0 Å². The Labute approximate surface area is 62.9 Å².